The molecule has 1 aliphatic rings. The molecule has 2 N–H and O–H groups in total. The fourth-order valence-corrected chi connectivity index (χ4v) is 4.80. The summed E-state index contributed by atoms with van der Waals surface area (Å²) in [7, 11) is 0. The Bertz CT molecular complexity index is 1540. The van der Waals surface area contributed by atoms with E-state index in [0.717, 1.165) is 24.1 Å². The number of carbonyl (C=O) groups is 3. The third-order valence-electron chi connectivity index (χ3n) is 6.69. The largest absolute Gasteiger partial charge is 0.340 e. The summed E-state index contributed by atoms with van der Waals surface area (Å²) in [5.41, 5.74) is 3.52. The molecule has 4 aromatic rings. The standard InChI is InChI=1S/C30H28ClN7O3/c31-23-10-15-27(38-20-32-35-36-38)22(19-23)9-16-28(39)34-26(18-21-6-2-1-3-7-21)30(41)33-24-11-13-25(14-12-24)37-17-5-4-8-29(37)40/h1-3,6-7,9-16,19-20,26H,4-5,8,17-18H2,(H,33,41)(H,34,39)/b16-9+/t26-/m0/s1. The molecule has 0 saturated carbocycles. The Balaban J connectivity index is 1.30. The Kier molecular flexibility index (Phi) is 8.80. The Labute approximate surface area is 242 Å². The van der Waals surface area contributed by atoms with E-state index in [1.165, 1.54) is 17.1 Å². The molecule has 1 atom stereocenters. The predicted molar refractivity (Wildman–Crippen MR) is 157 cm³/mol. The lowest BCUT2D eigenvalue weighted by Gasteiger charge is -2.27. The van der Waals surface area contributed by atoms with E-state index in [1.807, 2.05) is 42.5 Å². The van der Waals surface area contributed by atoms with Gasteiger partial charge in [0.1, 0.15) is 12.4 Å². The van der Waals surface area contributed by atoms with Gasteiger partial charge in [0.05, 0.1) is 5.69 Å². The number of tetrazole rings is 1. The van der Waals surface area contributed by atoms with E-state index in [2.05, 4.69) is 26.2 Å². The molecule has 2 heterocycles. The highest BCUT2D eigenvalue weighted by molar-refractivity contribution is 6.30. The first kappa shape index (κ1) is 27.7. The first-order valence-corrected chi connectivity index (χ1v) is 13.6. The summed E-state index contributed by atoms with van der Waals surface area (Å²) in [6, 6.07) is 20.9. The van der Waals surface area contributed by atoms with Gasteiger partial charge < -0.3 is 15.5 Å². The summed E-state index contributed by atoms with van der Waals surface area (Å²) in [6.07, 6.45) is 7.09. The Morgan fingerprint density at radius 2 is 1.83 bits per heavy atom. The van der Waals surface area contributed by atoms with Crippen LogP contribution in [-0.2, 0) is 20.8 Å². The zero-order chi connectivity index (χ0) is 28.6. The van der Waals surface area contributed by atoms with Crippen molar-refractivity contribution < 1.29 is 14.4 Å². The van der Waals surface area contributed by atoms with Crippen LogP contribution in [0.4, 0.5) is 11.4 Å². The van der Waals surface area contributed by atoms with E-state index >= 15 is 0 Å². The Hall–Kier alpha value is -4.83. The van der Waals surface area contributed by atoms with Gasteiger partial charge in [-0.3, -0.25) is 14.4 Å². The van der Waals surface area contributed by atoms with E-state index in [0.29, 0.717) is 41.3 Å². The van der Waals surface area contributed by atoms with Gasteiger partial charge in [0.25, 0.3) is 0 Å². The molecule has 0 aliphatic carbocycles. The molecule has 1 aliphatic heterocycles. The van der Waals surface area contributed by atoms with Crippen molar-refractivity contribution in [3.8, 4) is 5.69 Å². The Morgan fingerprint density at radius 3 is 2.56 bits per heavy atom. The zero-order valence-electron chi connectivity index (χ0n) is 22.1. The molecule has 0 unspecified atom stereocenters. The minimum atomic E-state index is -0.851. The average Bonchev–Trinajstić information content (AvgIpc) is 3.52. The first-order valence-electron chi connectivity index (χ1n) is 13.2. The number of halogens is 1. The minimum Gasteiger partial charge on any atom is -0.340 e. The van der Waals surface area contributed by atoms with E-state index in [1.54, 1.807) is 41.3 Å². The smallest absolute Gasteiger partial charge is 0.247 e. The van der Waals surface area contributed by atoms with Gasteiger partial charge in [0.15, 0.2) is 0 Å². The second-order valence-electron chi connectivity index (χ2n) is 9.58. The van der Waals surface area contributed by atoms with Crippen LogP contribution in [0, 0.1) is 0 Å². The van der Waals surface area contributed by atoms with Crippen LogP contribution in [0.1, 0.15) is 30.4 Å². The second kappa shape index (κ2) is 13.0. The third-order valence-corrected chi connectivity index (χ3v) is 6.92. The van der Waals surface area contributed by atoms with Crippen molar-refractivity contribution >= 4 is 46.8 Å². The number of anilines is 2. The molecule has 3 aromatic carbocycles. The summed E-state index contributed by atoms with van der Waals surface area (Å²) in [5, 5.41) is 17.4. The van der Waals surface area contributed by atoms with E-state index in [-0.39, 0.29) is 11.8 Å². The molecular weight excluding hydrogens is 542 g/mol. The lowest BCUT2D eigenvalue weighted by atomic mass is 10.0. The highest BCUT2D eigenvalue weighted by atomic mass is 35.5. The minimum absolute atomic E-state index is 0.106. The molecule has 5 rings (SSSR count). The summed E-state index contributed by atoms with van der Waals surface area (Å²) < 4.78 is 1.46. The number of piperidine rings is 1. The number of benzene rings is 3. The lowest BCUT2D eigenvalue weighted by Crippen LogP contribution is -2.44. The number of hydrogen-bond acceptors (Lipinski definition) is 6. The molecular formula is C30H28ClN7O3. The van der Waals surface area contributed by atoms with E-state index < -0.39 is 11.9 Å². The van der Waals surface area contributed by atoms with Crippen LogP contribution >= 0.6 is 11.6 Å². The fourth-order valence-electron chi connectivity index (χ4n) is 4.62. The molecule has 0 bridgehead atoms. The van der Waals surface area contributed by atoms with Gasteiger partial charge in [-0.15, -0.1) is 5.10 Å². The highest BCUT2D eigenvalue weighted by Gasteiger charge is 2.22. The topological polar surface area (TPSA) is 122 Å². The van der Waals surface area contributed by atoms with Gasteiger partial charge in [-0.25, -0.2) is 0 Å². The van der Waals surface area contributed by atoms with Crippen LogP contribution < -0.4 is 15.5 Å². The third kappa shape index (κ3) is 7.23. The summed E-state index contributed by atoms with van der Waals surface area (Å²) in [6.45, 7) is 0.690. The zero-order valence-corrected chi connectivity index (χ0v) is 22.9. The molecule has 10 nitrogen and oxygen atoms in total. The molecule has 11 heteroatoms. The maximum Gasteiger partial charge on any atom is 0.247 e. The average molecular weight is 570 g/mol. The summed E-state index contributed by atoms with van der Waals surface area (Å²) in [5.74, 6) is -0.716. The molecule has 1 fully saturated rings. The molecule has 208 valence electrons. The maximum atomic E-state index is 13.4. The van der Waals surface area contributed by atoms with Gasteiger partial charge in [0.2, 0.25) is 17.7 Å². The molecule has 0 radical (unpaired) electrons. The van der Waals surface area contributed by atoms with E-state index in [4.69, 9.17) is 11.6 Å². The number of nitrogens with one attached hydrogen (secondary N) is 2. The molecule has 1 aromatic heterocycles. The van der Waals surface area contributed by atoms with Gasteiger partial charge >= 0.3 is 0 Å². The summed E-state index contributed by atoms with van der Waals surface area (Å²) in [4.78, 5) is 40.4. The molecule has 41 heavy (non-hydrogen) atoms. The number of nitrogens with zero attached hydrogens (tertiary/aromatic N) is 5. The SMILES string of the molecule is O=C(/C=C/c1cc(Cl)ccc1-n1cnnn1)N[C@@H](Cc1ccccc1)C(=O)Nc1ccc(N2CCCCC2=O)cc1. The van der Waals surface area contributed by atoms with Crippen molar-refractivity contribution in [1.82, 2.24) is 25.5 Å². The van der Waals surface area contributed by atoms with E-state index in [9.17, 15) is 14.4 Å². The summed E-state index contributed by atoms with van der Waals surface area (Å²) >= 11 is 6.18. The van der Waals surface area contributed by atoms with Crippen molar-refractivity contribution in [3.63, 3.8) is 0 Å². The fraction of sp³-hybridized carbons (Fsp3) is 0.200. The van der Waals surface area contributed by atoms with Crippen LogP contribution in [-0.4, -0.2) is 50.5 Å². The van der Waals surface area contributed by atoms with Crippen LogP contribution in [0.15, 0.2) is 85.2 Å². The van der Waals surface area contributed by atoms with Gasteiger partial charge in [0, 0.05) is 47.4 Å². The number of rotatable bonds is 9. The lowest BCUT2D eigenvalue weighted by molar-refractivity contribution is -0.123. The van der Waals surface area contributed by atoms with Crippen LogP contribution in [0.5, 0.6) is 0 Å². The number of amides is 3. The van der Waals surface area contributed by atoms with Gasteiger partial charge in [-0.05, 0) is 77.4 Å². The van der Waals surface area contributed by atoms with Gasteiger partial charge in [-0.2, -0.15) is 4.68 Å². The highest BCUT2D eigenvalue weighted by Crippen LogP contribution is 2.23. The van der Waals surface area contributed by atoms with Crippen molar-refractivity contribution in [2.45, 2.75) is 31.7 Å². The first-order chi connectivity index (χ1) is 20.0. The quantitative estimate of drug-likeness (QED) is 0.291. The van der Waals surface area contributed by atoms with Crippen LogP contribution in [0.2, 0.25) is 5.02 Å². The number of hydrogen-bond donors (Lipinski definition) is 2. The van der Waals surface area contributed by atoms with Crippen molar-refractivity contribution in [1.29, 1.82) is 0 Å². The number of carbonyl (C=O) groups excluding carboxylic acids is 3. The van der Waals surface area contributed by atoms with Crippen LogP contribution in [0.25, 0.3) is 11.8 Å². The molecule has 0 spiro atoms. The van der Waals surface area contributed by atoms with Gasteiger partial charge in [-0.1, -0.05) is 41.9 Å². The Morgan fingerprint density at radius 1 is 1.02 bits per heavy atom. The monoisotopic (exact) mass is 569 g/mol. The molecule has 1 saturated heterocycles. The van der Waals surface area contributed by atoms with Crippen molar-refractivity contribution in [2.75, 3.05) is 16.8 Å². The second-order valence-corrected chi connectivity index (χ2v) is 10.0. The number of aromatic nitrogens is 4. The molecule has 3 amide bonds. The van der Waals surface area contributed by atoms with Crippen molar-refractivity contribution in [3.05, 3.63) is 101 Å². The predicted octanol–water partition coefficient (Wildman–Crippen LogP) is 4.21. The maximum absolute atomic E-state index is 13.4. The van der Waals surface area contributed by atoms with Crippen molar-refractivity contribution in [2.24, 2.45) is 0 Å². The normalized spacial score (nSPS) is 14.2. The van der Waals surface area contributed by atoms with Crippen LogP contribution in [0.3, 0.4) is 0 Å².